The van der Waals surface area contributed by atoms with Gasteiger partial charge in [-0.2, -0.15) is 0 Å². The second kappa shape index (κ2) is 35.4. The van der Waals surface area contributed by atoms with E-state index in [0.717, 1.165) is 90.1 Å². The largest absolute Gasteiger partial charge is 0.881 e. The Labute approximate surface area is 610 Å². The summed E-state index contributed by atoms with van der Waals surface area (Å²) in [6.45, 7) is 1.98. The molecule has 0 amide bonds. The summed E-state index contributed by atoms with van der Waals surface area (Å²) in [5, 5.41) is 9.64. The number of hydrogen-bond donors (Lipinski definition) is 1. The van der Waals surface area contributed by atoms with Gasteiger partial charge in [0, 0.05) is 82.5 Å². The number of hydrogen-bond acceptors (Lipinski definition) is 9. The van der Waals surface area contributed by atoms with Crippen molar-refractivity contribution >= 4 is 119 Å². The number of aromatic nitrogens is 3. The fraction of sp³-hybridized carbons (Fsp3) is 0.0116. The minimum absolute atomic E-state index is 0. The molecule has 3 aromatic heterocycles. The molecule has 16 aromatic rings. The first-order chi connectivity index (χ1) is 48.9. The minimum atomic E-state index is -0.665. The average molecular weight is 1510 g/mol. The van der Waals surface area contributed by atoms with Crippen molar-refractivity contribution < 1.29 is 32.9 Å². The number of aryl methyl sites for hydroxylation is 1. The van der Waals surface area contributed by atoms with Crippen molar-refractivity contribution in [2.45, 2.75) is 6.92 Å². The zero-order valence-electron chi connectivity index (χ0n) is 55.2. The first kappa shape index (κ1) is 68.1. The summed E-state index contributed by atoms with van der Waals surface area (Å²) in [6.07, 6.45) is 3.56. The van der Waals surface area contributed by atoms with Gasteiger partial charge in [0.1, 0.15) is 22.5 Å². The molecule has 99 heavy (non-hydrogen) atoms. The van der Waals surface area contributed by atoms with Crippen LogP contribution in [0.2, 0.25) is 1.41 Å². The van der Waals surface area contributed by atoms with Crippen LogP contribution in [-0.2, 0) is 20.1 Å². The van der Waals surface area contributed by atoms with Gasteiger partial charge in [-0.05, 0) is 158 Å². The fourth-order valence-corrected chi connectivity index (χ4v) is 12.3. The summed E-state index contributed by atoms with van der Waals surface area (Å²) in [5.74, 6) is 2.41. The van der Waals surface area contributed by atoms with Gasteiger partial charge in [-0.15, -0.1) is 35.9 Å². The Kier molecular flexibility index (Phi) is 24.4. The Balaban J connectivity index is 0.000000155. The molecule has 16 rings (SSSR count). The van der Waals surface area contributed by atoms with Crippen molar-refractivity contribution in [3.63, 3.8) is 0 Å². The van der Waals surface area contributed by atoms with Crippen LogP contribution in [-0.4, -0.2) is 47.5 Å². The van der Waals surface area contributed by atoms with Gasteiger partial charge >= 0.3 is 32.5 Å². The predicted octanol–water partition coefficient (Wildman–Crippen LogP) is 22.7. The van der Waals surface area contributed by atoms with Gasteiger partial charge in [-0.25, -0.2) is 4.98 Å². The van der Waals surface area contributed by atoms with E-state index in [9.17, 15) is 0 Å². The maximum Gasteiger partial charge on any atom is 0.881 e. The van der Waals surface area contributed by atoms with Crippen LogP contribution < -0.4 is 21.2 Å². The average Bonchev–Trinajstić information content (AvgIpc) is 0.808. The number of pyridine rings is 3. The molecule has 13 heteroatoms. The SMILES string of the molecule is Cc1ccc2cccc([O][Al][O]c3ccc(-c4ccccc4)cc3)c2n1.[2H]N=P.[AlH][O]c1cccc2cccnc12.[Ir].[c-]1ccccc1-c1ccccn1.c1ccc(N(c2ccc(-c3ccc(N(c4ccccc4)c4cccc5ccccc45)cc3)cc2)c2cccc3ccccc23)cc1. The Morgan fingerprint density at radius 1 is 0.404 bits per heavy atom. The molecule has 0 aliphatic rings. The van der Waals surface area contributed by atoms with Gasteiger partial charge in [-0.3, -0.25) is 10.1 Å². The number of nitrogens with one attached hydrogen (secondary N) is 1. The van der Waals surface area contributed by atoms with Gasteiger partial charge in [-0.1, -0.05) is 224 Å². The quantitative estimate of drug-likeness (QED) is 0.0653. The van der Waals surface area contributed by atoms with Crippen molar-refractivity contribution in [1.29, 1.82) is 5.15 Å². The molecule has 0 bridgehead atoms. The van der Waals surface area contributed by atoms with Gasteiger partial charge in [0.2, 0.25) is 0 Å². The van der Waals surface area contributed by atoms with Crippen LogP contribution in [0.5, 0.6) is 17.2 Å². The number of anilines is 6. The summed E-state index contributed by atoms with van der Waals surface area (Å²) in [4.78, 5) is 17.7. The van der Waals surface area contributed by atoms with Crippen molar-refractivity contribution in [2.75, 3.05) is 9.80 Å². The van der Waals surface area contributed by atoms with Gasteiger partial charge in [0.25, 0.3) is 0 Å². The molecule has 0 saturated heterocycles. The molecule has 1 N–H and O–H groups in total. The van der Waals surface area contributed by atoms with E-state index >= 15 is 0 Å². The Bertz CT molecular complexity index is 5010. The second-order valence-corrected chi connectivity index (χ2v) is 23.4. The van der Waals surface area contributed by atoms with E-state index < -0.39 is 15.9 Å². The number of benzene rings is 13. The van der Waals surface area contributed by atoms with E-state index in [-0.39, 0.29) is 20.1 Å². The molecule has 0 saturated carbocycles. The third-order valence-electron chi connectivity index (χ3n) is 16.2. The molecule has 9 nitrogen and oxygen atoms in total. The summed E-state index contributed by atoms with van der Waals surface area (Å²) >= 11 is 0.801. The number of nitrogens with zero attached hydrogens (tertiary/aromatic N) is 5. The minimum Gasteiger partial charge on any atom is -0.649 e. The van der Waals surface area contributed by atoms with Crippen molar-refractivity contribution in [3.05, 3.63) is 376 Å². The van der Waals surface area contributed by atoms with Crippen LogP contribution in [0.25, 0.3) is 76.9 Å². The Morgan fingerprint density at radius 3 is 1.39 bits per heavy atom. The Morgan fingerprint density at radius 2 is 0.848 bits per heavy atom. The monoisotopic (exact) mass is 1510 g/mol. The van der Waals surface area contributed by atoms with Crippen molar-refractivity contribution in [2.24, 2.45) is 0 Å². The van der Waals surface area contributed by atoms with Gasteiger partial charge in [0.15, 0.2) is 1.41 Å². The third-order valence-corrected chi connectivity index (χ3v) is 17.2. The summed E-state index contributed by atoms with van der Waals surface area (Å²) in [6, 6.07) is 124. The molecule has 3 heterocycles. The zero-order valence-corrected chi connectivity index (χ0v) is 60.1. The number of rotatable bonds is 14. The molecule has 479 valence electrons. The van der Waals surface area contributed by atoms with E-state index in [0.29, 0.717) is 0 Å². The third kappa shape index (κ3) is 17.7. The molecule has 3 radical (unpaired) electrons. The molecular weight excluding hydrogens is 1440 g/mol. The van der Waals surface area contributed by atoms with E-state index in [4.69, 9.17) is 12.8 Å². The first-order valence-corrected chi connectivity index (χ1v) is 33.9. The second-order valence-electron chi connectivity index (χ2n) is 22.4. The van der Waals surface area contributed by atoms with Crippen LogP contribution in [0.1, 0.15) is 5.69 Å². The maximum atomic E-state index is 5.89. The normalized spacial score (nSPS) is 10.4. The topological polar surface area (TPSA) is 96.7 Å². The van der Waals surface area contributed by atoms with E-state index in [2.05, 4.69) is 269 Å². The summed E-state index contributed by atoms with van der Waals surface area (Å²) in [7, 11) is 2.48. The van der Waals surface area contributed by atoms with Gasteiger partial charge < -0.3 is 26.1 Å². The van der Waals surface area contributed by atoms with Crippen LogP contribution in [0.15, 0.2) is 364 Å². The van der Waals surface area contributed by atoms with Crippen LogP contribution in [0, 0.1) is 18.1 Å². The molecule has 0 aliphatic heterocycles. The number of para-hydroxylation sites is 4. The molecule has 13 aromatic carbocycles. The molecule has 0 aliphatic carbocycles. The van der Waals surface area contributed by atoms with E-state index in [1.807, 2.05) is 134 Å². The van der Waals surface area contributed by atoms with Crippen molar-refractivity contribution in [3.8, 4) is 50.8 Å². The number of fused-ring (bicyclic) bond motifs is 4. The molecular formula is C86H66Al2IrN6O3P-. The van der Waals surface area contributed by atoms with Crippen molar-refractivity contribution in [1.82, 2.24) is 15.0 Å². The van der Waals surface area contributed by atoms with E-state index in [1.54, 1.807) is 12.4 Å². The summed E-state index contributed by atoms with van der Waals surface area (Å²) in [5.41, 5.74) is 16.3. The summed E-state index contributed by atoms with van der Waals surface area (Å²) < 4.78 is 22.6. The maximum absolute atomic E-state index is 5.89. The predicted molar refractivity (Wildman–Crippen MR) is 411 cm³/mol. The van der Waals surface area contributed by atoms with Crippen LogP contribution >= 0.6 is 9.03 Å². The first-order valence-electron chi connectivity index (χ1n) is 32.4. The van der Waals surface area contributed by atoms with Gasteiger partial charge in [0.05, 0.1) is 17.1 Å². The zero-order chi connectivity index (χ0) is 67.8. The smallest absolute Gasteiger partial charge is 0.649 e. The molecule has 0 atom stereocenters. The fourth-order valence-electron chi connectivity index (χ4n) is 11.5. The molecule has 0 fully saturated rings. The van der Waals surface area contributed by atoms with Crippen LogP contribution in [0.3, 0.4) is 0 Å². The Hall–Kier alpha value is -10.8. The molecule has 0 unspecified atom stereocenters. The van der Waals surface area contributed by atoms with E-state index in [1.165, 1.54) is 60.4 Å². The van der Waals surface area contributed by atoms with Crippen LogP contribution in [0.4, 0.5) is 34.1 Å². The molecule has 0 spiro atoms. The standard InChI is InChI=1S/C44H32N2.C12H10O.C11H8N.C10H9NO.C9H7NO.2Al.Ir.H2NP.H/c1-3-17-37(18-4-1)45(43-23-11-15-35-13-7-9-21-41(35)43)39-29-25-33(26-30-39)34-27-31-40(32-28-34)46(38-19-5-2-6-20-38)44-24-12-16-36-14-8-10-22-42(36)44;13-12-8-6-11(7-9-12)10-4-2-1-3-5-10;1-2-6-10(7-3-1)11-8-4-5-9-12-11;1-7-5-6-8-3-2-4-9(12)10(8)11-7;11-8-5-1-3-7-4-2-6-10-9(7)8;;;;1-2;/h1-32H;1-9,13H;1-6,8-9H;2-6,12H,1H3;1-6,11H;;;;1-2H;/q;;-1;;;+1;+2;;;/p-3/i/hD.